The quantitative estimate of drug-likeness (QED) is 0.0148. The van der Waals surface area contributed by atoms with Gasteiger partial charge >= 0.3 is 19.8 Å². The third-order valence-electron chi connectivity index (χ3n) is 10.7. The van der Waals surface area contributed by atoms with Gasteiger partial charge in [-0.3, -0.25) is 18.6 Å². The Balaban J connectivity index is 2.51. The van der Waals surface area contributed by atoms with Crippen molar-refractivity contribution in [1.29, 1.82) is 0 Å². The summed E-state index contributed by atoms with van der Waals surface area (Å²) in [6.07, 6.45) is 30.4. The summed E-state index contributed by atoms with van der Waals surface area (Å²) in [6.45, 7) is 3.22. The van der Waals surface area contributed by atoms with Gasteiger partial charge < -0.3 is 39.9 Å². The van der Waals surface area contributed by atoms with Crippen molar-refractivity contribution >= 4 is 19.8 Å². The second kappa shape index (κ2) is 37.2. The minimum atomic E-state index is -5.14. The molecule has 1 rings (SSSR count). The zero-order chi connectivity index (χ0) is 45.0. The lowest BCUT2D eigenvalue weighted by Crippen LogP contribution is -2.64. The van der Waals surface area contributed by atoms with E-state index in [1.165, 1.54) is 96.3 Å². The molecule has 14 heteroatoms. The van der Waals surface area contributed by atoms with Crippen LogP contribution >= 0.6 is 7.82 Å². The van der Waals surface area contributed by atoms with E-state index in [0.717, 1.165) is 38.5 Å². The number of hydrogen-bond acceptors (Lipinski definition) is 12. The third kappa shape index (κ3) is 29.7. The van der Waals surface area contributed by atoms with Gasteiger partial charge in [0.05, 0.1) is 6.61 Å². The Morgan fingerprint density at radius 1 is 0.508 bits per heavy atom. The number of esters is 2. The fourth-order valence-electron chi connectivity index (χ4n) is 6.85. The van der Waals surface area contributed by atoms with Crippen LogP contribution in [0.25, 0.3) is 0 Å². The summed E-state index contributed by atoms with van der Waals surface area (Å²) in [7, 11) is -5.14. The van der Waals surface area contributed by atoms with E-state index in [9.17, 15) is 44.6 Å². The van der Waals surface area contributed by atoms with E-state index >= 15 is 0 Å². The molecule has 0 amide bonds. The fourth-order valence-corrected chi connectivity index (χ4v) is 7.82. The number of unbranched alkanes of at least 4 members (excludes halogenated alkanes) is 18. The standard InChI is InChI=1S/C47H83O13P/c1-3-5-7-9-11-13-15-17-19-20-22-23-25-27-29-31-33-35-40(48)57-37-39(38-58-61(55,56)60-47-45(53)43(51)42(50)44(52)46(47)54)59-41(49)36-34-32-30-28-26-24-21-18-16-14-12-10-8-6-4-2/h17,19,22-23,27,29-30,32,39,42-47,50-54H,3-16,18,20-21,24-26,28,31,33-38H2,1-2H3,(H,55,56)/b19-17+,23-22+,29-27+,32-30+/t39-,42?,43-,44?,45?,46?,47?/m0/s1. The summed E-state index contributed by atoms with van der Waals surface area (Å²) in [6, 6.07) is 0. The highest BCUT2D eigenvalue weighted by Gasteiger charge is 2.51. The molecule has 0 aromatic rings. The average Bonchev–Trinajstić information content (AvgIpc) is 3.24. The van der Waals surface area contributed by atoms with Crippen molar-refractivity contribution in [2.24, 2.45) is 0 Å². The van der Waals surface area contributed by atoms with Crippen LogP contribution in [-0.4, -0.2) is 98.3 Å². The first-order valence-electron chi connectivity index (χ1n) is 23.4. The number of carbonyl (C=O) groups is 2. The molecule has 0 aromatic carbocycles. The van der Waals surface area contributed by atoms with Crippen LogP contribution in [-0.2, 0) is 32.7 Å². The van der Waals surface area contributed by atoms with Gasteiger partial charge in [0, 0.05) is 12.8 Å². The Morgan fingerprint density at radius 3 is 1.43 bits per heavy atom. The summed E-state index contributed by atoms with van der Waals surface area (Å²) in [5, 5.41) is 50.1. The normalized spacial score (nSPS) is 22.4. The van der Waals surface area contributed by atoms with Gasteiger partial charge in [-0.2, -0.15) is 0 Å². The minimum absolute atomic E-state index is 0.00251. The van der Waals surface area contributed by atoms with Gasteiger partial charge in [-0.05, 0) is 57.8 Å². The summed E-state index contributed by atoms with van der Waals surface area (Å²) < 4.78 is 33.4. The Bertz CT molecular complexity index is 1250. The average molecular weight is 887 g/mol. The van der Waals surface area contributed by atoms with Crippen molar-refractivity contribution in [2.45, 2.75) is 224 Å². The lowest BCUT2D eigenvalue weighted by atomic mass is 9.85. The van der Waals surface area contributed by atoms with Crippen LogP contribution in [0, 0.1) is 0 Å². The van der Waals surface area contributed by atoms with Gasteiger partial charge in [-0.15, -0.1) is 0 Å². The number of allylic oxidation sites excluding steroid dienone is 8. The van der Waals surface area contributed by atoms with E-state index in [2.05, 4.69) is 38.2 Å². The highest BCUT2D eigenvalue weighted by atomic mass is 31.2. The number of aliphatic hydroxyl groups excluding tert-OH is 5. The number of carbonyl (C=O) groups excluding carboxylic acids is 2. The number of aliphatic hydroxyl groups is 5. The molecule has 61 heavy (non-hydrogen) atoms. The van der Waals surface area contributed by atoms with E-state index in [1.807, 2.05) is 24.3 Å². The molecule has 0 saturated heterocycles. The van der Waals surface area contributed by atoms with Crippen molar-refractivity contribution in [3.63, 3.8) is 0 Å². The zero-order valence-corrected chi connectivity index (χ0v) is 38.3. The number of hydrogen-bond donors (Lipinski definition) is 6. The molecule has 6 unspecified atom stereocenters. The Labute approximate surface area is 367 Å². The smallest absolute Gasteiger partial charge is 0.462 e. The largest absolute Gasteiger partial charge is 0.472 e. The maximum absolute atomic E-state index is 12.8. The molecule has 1 saturated carbocycles. The van der Waals surface area contributed by atoms with Crippen LogP contribution in [0.4, 0.5) is 0 Å². The highest BCUT2D eigenvalue weighted by molar-refractivity contribution is 7.47. The van der Waals surface area contributed by atoms with Crippen LogP contribution in [0.15, 0.2) is 48.6 Å². The molecule has 1 aliphatic carbocycles. The van der Waals surface area contributed by atoms with Crippen molar-refractivity contribution in [1.82, 2.24) is 0 Å². The molecule has 6 N–H and O–H groups in total. The maximum Gasteiger partial charge on any atom is 0.472 e. The first-order chi connectivity index (χ1) is 29.4. The third-order valence-corrected chi connectivity index (χ3v) is 11.6. The molecule has 0 radical (unpaired) electrons. The Hall–Kier alpha value is -2.19. The second-order valence-corrected chi connectivity index (χ2v) is 17.7. The number of phosphoric ester groups is 1. The summed E-state index contributed by atoms with van der Waals surface area (Å²) >= 11 is 0. The predicted octanol–water partition coefficient (Wildman–Crippen LogP) is 9.17. The maximum atomic E-state index is 12.8. The van der Waals surface area contributed by atoms with E-state index in [0.29, 0.717) is 19.3 Å². The van der Waals surface area contributed by atoms with Crippen LogP contribution in [0.3, 0.4) is 0 Å². The van der Waals surface area contributed by atoms with Crippen LogP contribution in [0.2, 0.25) is 0 Å². The van der Waals surface area contributed by atoms with Gasteiger partial charge in [0.2, 0.25) is 0 Å². The lowest BCUT2D eigenvalue weighted by Gasteiger charge is -2.41. The summed E-state index contributed by atoms with van der Waals surface area (Å²) in [4.78, 5) is 35.6. The lowest BCUT2D eigenvalue weighted by molar-refractivity contribution is -0.220. The fraction of sp³-hybridized carbons (Fsp3) is 0.787. The SMILES string of the molecule is CCCCCCCC/C=C/C/C=C/C/C=C/CCCC(=O)OC[C@@H](COP(=O)(O)OC1C(O)C(O)C(O)[C@H](O)C1O)OC(=O)CC/C=C/CCCCCCCCCCCCC. The minimum Gasteiger partial charge on any atom is -0.462 e. The molecular formula is C47H83O13P. The topological polar surface area (TPSA) is 210 Å². The predicted molar refractivity (Wildman–Crippen MR) is 239 cm³/mol. The number of ether oxygens (including phenoxy) is 2. The van der Waals surface area contributed by atoms with Gasteiger partial charge in [0.1, 0.15) is 43.2 Å². The van der Waals surface area contributed by atoms with Gasteiger partial charge in [0.15, 0.2) is 6.10 Å². The first kappa shape index (κ1) is 56.8. The van der Waals surface area contributed by atoms with Gasteiger partial charge in [-0.25, -0.2) is 4.57 Å². The molecule has 354 valence electrons. The van der Waals surface area contributed by atoms with Gasteiger partial charge in [0.25, 0.3) is 0 Å². The monoisotopic (exact) mass is 887 g/mol. The van der Waals surface area contributed by atoms with Crippen LogP contribution < -0.4 is 0 Å². The van der Waals surface area contributed by atoms with Crippen molar-refractivity contribution in [3.8, 4) is 0 Å². The van der Waals surface area contributed by atoms with E-state index in [-0.39, 0.29) is 12.8 Å². The van der Waals surface area contributed by atoms with Crippen molar-refractivity contribution < 1.29 is 63.1 Å². The zero-order valence-electron chi connectivity index (χ0n) is 37.4. The highest BCUT2D eigenvalue weighted by Crippen LogP contribution is 2.47. The van der Waals surface area contributed by atoms with E-state index in [4.69, 9.17) is 18.5 Å². The Morgan fingerprint density at radius 2 is 0.918 bits per heavy atom. The van der Waals surface area contributed by atoms with Crippen LogP contribution in [0.5, 0.6) is 0 Å². The molecule has 0 spiro atoms. The van der Waals surface area contributed by atoms with Gasteiger partial charge in [-0.1, -0.05) is 159 Å². The molecule has 13 nitrogen and oxygen atoms in total. The molecular weight excluding hydrogens is 803 g/mol. The molecule has 0 bridgehead atoms. The van der Waals surface area contributed by atoms with Crippen molar-refractivity contribution in [2.75, 3.05) is 13.2 Å². The molecule has 1 aliphatic rings. The number of rotatable bonds is 38. The molecule has 1 fully saturated rings. The molecule has 0 aliphatic heterocycles. The Kier molecular flexibility index (Phi) is 34.7. The van der Waals surface area contributed by atoms with E-state index in [1.54, 1.807) is 0 Å². The first-order valence-corrected chi connectivity index (χ1v) is 24.9. The van der Waals surface area contributed by atoms with Crippen molar-refractivity contribution in [3.05, 3.63) is 48.6 Å². The molecule has 0 aromatic heterocycles. The number of phosphoric acid groups is 1. The second-order valence-electron chi connectivity index (χ2n) is 16.3. The van der Waals surface area contributed by atoms with E-state index < -0.39 is 75.7 Å². The molecule has 0 heterocycles. The molecule has 8 atom stereocenters. The summed E-state index contributed by atoms with van der Waals surface area (Å²) in [5.74, 6) is -1.22. The summed E-state index contributed by atoms with van der Waals surface area (Å²) in [5.41, 5.74) is 0. The van der Waals surface area contributed by atoms with Crippen LogP contribution in [0.1, 0.15) is 181 Å².